The van der Waals surface area contributed by atoms with E-state index in [9.17, 15) is 14.7 Å². The summed E-state index contributed by atoms with van der Waals surface area (Å²) in [6.07, 6.45) is 4.69. The van der Waals surface area contributed by atoms with E-state index in [1.165, 1.54) is 0 Å². The quantitative estimate of drug-likeness (QED) is 0.871. The summed E-state index contributed by atoms with van der Waals surface area (Å²) in [6.45, 7) is 1.41. The fraction of sp³-hybridized carbons (Fsp3) is 0.556. The number of carbonyl (C=O) groups excluding carboxylic acids is 2. The lowest BCUT2D eigenvalue weighted by molar-refractivity contribution is -0.132. The van der Waals surface area contributed by atoms with E-state index in [2.05, 4.69) is 5.32 Å². The minimum absolute atomic E-state index is 0.125. The van der Waals surface area contributed by atoms with Crippen molar-refractivity contribution in [1.82, 2.24) is 10.2 Å². The molecule has 1 aromatic rings. The number of amides is 2. The molecule has 124 valence electrons. The second-order valence-corrected chi connectivity index (χ2v) is 6.57. The van der Waals surface area contributed by atoms with Crippen LogP contribution in [-0.2, 0) is 16.0 Å². The highest BCUT2D eigenvalue weighted by Crippen LogP contribution is 2.29. The van der Waals surface area contributed by atoms with Crippen LogP contribution in [0.15, 0.2) is 24.3 Å². The maximum Gasteiger partial charge on any atom is 0.223 e. The van der Waals surface area contributed by atoms with Gasteiger partial charge >= 0.3 is 0 Å². The van der Waals surface area contributed by atoms with Crippen molar-refractivity contribution in [3.8, 4) is 5.75 Å². The molecule has 2 amide bonds. The first-order chi connectivity index (χ1) is 11.1. The molecule has 0 unspecified atom stereocenters. The standard InChI is InChI=1S/C18H24N2O3/c21-16-4-2-1-3-13(16)7-8-17(22)20-11-9-15(10-12-20)19-18(23)14-5-6-14/h1-4,14-15,21H,5-12H2,(H,19,23). The Bertz CT molecular complexity index is 575. The lowest BCUT2D eigenvalue weighted by atomic mass is 10.0. The van der Waals surface area contributed by atoms with Crippen molar-refractivity contribution < 1.29 is 14.7 Å². The molecule has 1 saturated heterocycles. The van der Waals surface area contributed by atoms with Gasteiger partial charge in [-0.05, 0) is 43.7 Å². The van der Waals surface area contributed by atoms with E-state index in [0.29, 0.717) is 25.9 Å². The fourth-order valence-corrected chi connectivity index (χ4v) is 3.06. The summed E-state index contributed by atoms with van der Waals surface area (Å²) in [7, 11) is 0. The van der Waals surface area contributed by atoms with Crippen LogP contribution in [0, 0.1) is 5.92 Å². The number of nitrogens with one attached hydrogen (secondary N) is 1. The van der Waals surface area contributed by atoms with E-state index in [1.807, 2.05) is 17.0 Å². The van der Waals surface area contributed by atoms with Gasteiger partial charge in [0.05, 0.1) is 0 Å². The van der Waals surface area contributed by atoms with Crippen LogP contribution < -0.4 is 5.32 Å². The molecule has 1 aliphatic heterocycles. The monoisotopic (exact) mass is 316 g/mol. The molecule has 2 aliphatic rings. The first-order valence-electron chi connectivity index (χ1n) is 8.48. The van der Waals surface area contributed by atoms with Crippen LogP contribution in [0.25, 0.3) is 0 Å². The summed E-state index contributed by atoms with van der Waals surface area (Å²) in [5.41, 5.74) is 0.812. The van der Waals surface area contributed by atoms with Gasteiger partial charge in [-0.15, -0.1) is 0 Å². The number of phenols is 1. The molecule has 0 radical (unpaired) electrons. The van der Waals surface area contributed by atoms with Gasteiger partial charge in [0.2, 0.25) is 11.8 Å². The van der Waals surface area contributed by atoms with E-state index in [0.717, 1.165) is 31.2 Å². The number of aryl methyl sites for hydroxylation is 1. The van der Waals surface area contributed by atoms with Crippen LogP contribution in [0.5, 0.6) is 5.75 Å². The lowest BCUT2D eigenvalue weighted by Gasteiger charge is -2.32. The number of phenolic OH excluding ortho intramolecular Hbond substituents is 1. The van der Waals surface area contributed by atoms with Gasteiger partial charge in [-0.25, -0.2) is 0 Å². The van der Waals surface area contributed by atoms with Crippen LogP contribution in [-0.4, -0.2) is 41.0 Å². The van der Waals surface area contributed by atoms with E-state index in [1.54, 1.807) is 12.1 Å². The van der Waals surface area contributed by atoms with Crippen LogP contribution in [0.2, 0.25) is 0 Å². The number of aromatic hydroxyl groups is 1. The van der Waals surface area contributed by atoms with Gasteiger partial charge in [0.1, 0.15) is 5.75 Å². The van der Waals surface area contributed by atoms with Crippen LogP contribution >= 0.6 is 0 Å². The topological polar surface area (TPSA) is 69.6 Å². The number of hydrogen-bond donors (Lipinski definition) is 2. The molecule has 5 heteroatoms. The zero-order chi connectivity index (χ0) is 16.2. The van der Waals surface area contributed by atoms with Gasteiger partial charge in [0.25, 0.3) is 0 Å². The van der Waals surface area contributed by atoms with Crippen molar-refractivity contribution >= 4 is 11.8 Å². The maximum absolute atomic E-state index is 12.3. The first-order valence-corrected chi connectivity index (χ1v) is 8.48. The molecule has 0 aromatic heterocycles. The van der Waals surface area contributed by atoms with Gasteiger partial charge in [0.15, 0.2) is 0 Å². The third-order valence-electron chi connectivity index (χ3n) is 4.74. The predicted octanol–water partition coefficient (Wildman–Crippen LogP) is 1.84. The highest BCUT2D eigenvalue weighted by molar-refractivity contribution is 5.81. The van der Waals surface area contributed by atoms with E-state index >= 15 is 0 Å². The van der Waals surface area contributed by atoms with E-state index in [-0.39, 0.29) is 29.5 Å². The van der Waals surface area contributed by atoms with Crippen molar-refractivity contribution in [3.63, 3.8) is 0 Å². The summed E-state index contributed by atoms with van der Waals surface area (Å²) in [5, 5.41) is 12.8. The molecule has 2 N–H and O–H groups in total. The van der Waals surface area contributed by atoms with Crippen molar-refractivity contribution in [3.05, 3.63) is 29.8 Å². The number of hydrogen-bond acceptors (Lipinski definition) is 3. The molecule has 0 bridgehead atoms. The van der Waals surface area contributed by atoms with Crippen LogP contribution in [0.3, 0.4) is 0 Å². The Morgan fingerprint density at radius 1 is 1.13 bits per heavy atom. The number of likely N-dealkylation sites (tertiary alicyclic amines) is 1. The highest BCUT2D eigenvalue weighted by Gasteiger charge is 2.32. The normalized spacial score (nSPS) is 18.7. The third-order valence-corrected chi connectivity index (χ3v) is 4.74. The molecule has 1 heterocycles. The Morgan fingerprint density at radius 2 is 1.83 bits per heavy atom. The average Bonchev–Trinajstić information content (AvgIpc) is 3.39. The molecular formula is C18H24N2O3. The fourth-order valence-electron chi connectivity index (χ4n) is 3.06. The second-order valence-electron chi connectivity index (χ2n) is 6.57. The molecule has 23 heavy (non-hydrogen) atoms. The van der Waals surface area contributed by atoms with Gasteiger partial charge in [-0.2, -0.15) is 0 Å². The minimum atomic E-state index is 0.125. The third kappa shape index (κ3) is 4.24. The van der Waals surface area contributed by atoms with Gasteiger partial charge in [-0.1, -0.05) is 18.2 Å². The number of rotatable bonds is 5. The summed E-state index contributed by atoms with van der Waals surface area (Å²) >= 11 is 0. The highest BCUT2D eigenvalue weighted by atomic mass is 16.3. The Labute approximate surface area is 136 Å². The van der Waals surface area contributed by atoms with Gasteiger partial charge in [-0.3, -0.25) is 9.59 Å². The van der Waals surface area contributed by atoms with Crippen molar-refractivity contribution in [2.45, 2.75) is 44.6 Å². The second kappa shape index (κ2) is 7.02. The summed E-state index contributed by atoms with van der Waals surface area (Å²) < 4.78 is 0. The largest absolute Gasteiger partial charge is 0.508 e. The van der Waals surface area contributed by atoms with Gasteiger partial charge < -0.3 is 15.3 Å². The Balaban J connectivity index is 1.41. The molecule has 1 aromatic carbocycles. The van der Waals surface area contributed by atoms with E-state index < -0.39 is 0 Å². The van der Waals surface area contributed by atoms with Crippen molar-refractivity contribution in [2.24, 2.45) is 5.92 Å². The SMILES string of the molecule is O=C(NC1CCN(C(=O)CCc2ccccc2O)CC1)C1CC1. The molecule has 1 saturated carbocycles. The summed E-state index contributed by atoms with van der Waals surface area (Å²) in [4.78, 5) is 25.9. The number of para-hydroxylation sites is 1. The molecule has 0 atom stereocenters. The van der Waals surface area contributed by atoms with Crippen molar-refractivity contribution in [2.75, 3.05) is 13.1 Å². The molecule has 0 spiro atoms. The summed E-state index contributed by atoms with van der Waals surface area (Å²) in [5.74, 6) is 0.810. The molecule has 2 fully saturated rings. The number of nitrogens with zero attached hydrogens (tertiary/aromatic N) is 1. The Hall–Kier alpha value is -2.04. The Morgan fingerprint density at radius 3 is 2.48 bits per heavy atom. The molecule has 1 aliphatic carbocycles. The number of carbonyl (C=O) groups is 2. The zero-order valence-electron chi connectivity index (χ0n) is 13.3. The number of benzene rings is 1. The molecular weight excluding hydrogens is 292 g/mol. The predicted molar refractivity (Wildman–Crippen MR) is 86.9 cm³/mol. The van der Waals surface area contributed by atoms with E-state index in [4.69, 9.17) is 0 Å². The van der Waals surface area contributed by atoms with Crippen LogP contribution in [0.1, 0.15) is 37.7 Å². The summed E-state index contributed by atoms with van der Waals surface area (Å²) in [6, 6.07) is 7.36. The van der Waals surface area contributed by atoms with Crippen LogP contribution in [0.4, 0.5) is 0 Å². The lowest BCUT2D eigenvalue weighted by Crippen LogP contribution is -2.47. The molecule has 5 nitrogen and oxygen atoms in total. The zero-order valence-corrected chi connectivity index (χ0v) is 13.3. The number of piperidine rings is 1. The minimum Gasteiger partial charge on any atom is -0.508 e. The smallest absolute Gasteiger partial charge is 0.223 e. The van der Waals surface area contributed by atoms with Crippen molar-refractivity contribution in [1.29, 1.82) is 0 Å². The Kier molecular flexibility index (Phi) is 4.84. The maximum atomic E-state index is 12.3. The molecule has 3 rings (SSSR count). The first kappa shape index (κ1) is 15.8. The van der Waals surface area contributed by atoms with Gasteiger partial charge in [0, 0.05) is 31.5 Å². The average molecular weight is 316 g/mol.